The number of nitrogens with two attached hydrogens (primary N) is 1. The first-order valence-electron chi connectivity index (χ1n) is 4.62. The predicted octanol–water partition coefficient (Wildman–Crippen LogP) is -0.973. The van der Waals surface area contributed by atoms with Crippen LogP contribution in [0.15, 0.2) is 0 Å². The van der Waals surface area contributed by atoms with Gasteiger partial charge in [0.25, 0.3) is 0 Å². The van der Waals surface area contributed by atoms with E-state index in [-0.39, 0.29) is 24.1 Å². The number of hydrogen-bond donors (Lipinski definition) is 2. The summed E-state index contributed by atoms with van der Waals surface area (Å²) in [6.07, 6.45) is 3.34. The quantitative estimate of drug-likeness (QED) is 0.623. The van der Waals surface area contributed by atoms with Crippen LogP contribution in [0.5, 0.6) is 0 Å². The van der Waals surface area contributed by atoms with Gasteiger partial charge in [0.15, 0.2) is 0 Å². The van der Waals surface area contributed by atoms with Gasteiger partial charge in [0, 0.05) is 12.3 Å². The highest BCUT2D eigenvalue weighted by Crippen LogP contribution is 2.18. The van der Waals surface area contributed by atoms with E-state index >= 15 is 0 Å². The van der Waals surface area contributed by atoms with Crippen LogP contribution in [0.3, 0.4) is 0 Å². The van der Waals surface area contributed by atoms with Crippen LogP contribution in [0.1, 0.15) is 19.3 Å². The molecule has 0 aromatic rings. The smallest absolute Gasteiger partial charge is 0.237 e. The summed E-state index contributed by atoms with van der Waals surface area (Å²) < 4.78 is 21.6. The minimum Gasteiger partial charge on any atom is -0.352 e. The Labute approximate surface area is 84.0 Å². The van der Waals surface area contributed by atoms with Crippen LogP contribution in [0.2, 0.25) is 0 Å². The van der Waals surface area contributed by atoms with Crippen molar-refractivity contribution in [3.05, 3.63) is 0 Å². The number of rotatable bonds is 5. The summed E-state index contributed by atoms with van der Waals surface area (Å²) in [5, 5.41) is 2.73. The van der Waals surface area contributed by atoms with Crippen LogP contribution in [-0.2, 0) is 14.6 Å². The highest BCUT2D eigenvalue weighted by atomic mass is 32.2. The van der Waals surface area contributed by atoms with Crippen LogP contribution in [-0.4, -0.2) is 38.4 Å². The summed E-state index contributed by atoms with van der Waals surface area (Å²) in [6.45, 7) is 0. The van der Waals surface area contributed by atoms with Crippen LogP contribution >= 0.6 is 0 Å². The molecule has 1 aliphatic rings. The molecule has 0 aromatic heterocycles. The van der Waals surface area contributed by atoms with Gasteiger partial charge in [-0.25, -0.2) is 8.42 Å². The molecule has 0 aliphatic heterocycles. The fourth-order valence-corrected chi connectivity index (χ4v) is 1.69. The number of carbonyl (C=O) groups excluding carboxylic acids is 1. The second-order valence-corrected chi connectivity index (χ2v) is 6.07. The van der Waals surface area contributed by atoms with Crippen molar-refractivity contribution in [2.75, 3.05) is 12.0 Å². The fraction of sp³-hybridized carbons (Fsp3) is 0.875. The topological polar surface area (TPSA) is 89.3 Å². The number of carbonyl (C=O) groups is 1. The zero-order valence-corrected chi connectivity index (χ0v) is 9.01. The van der Waals surface area contributed by atoms with Gasteiger partial charge in [0.05, 0.1) is 11.8 Å². The molecule has 1 aliphatic carbocycles. The number of amides is 1. The Kier molecular flexibility index (Phi) is 3.49. The van der Waals surface area contributed by atoms with Gasteiger partial charge in [-0.2, -0.15) is 0 Å². The lowest BCUT2D eigenvalue weighted by molar-refractivity contribution is -0.122. The molecule has 1 rings (SSSR count). The zero-order valence-electron chi connectivity index (χ0n) is 8.19. The molecular formula is C8H16N2O3S. The summed E-state index contributed by atoms with van der Waals surface area (Å²) in [5.41, 5.74) is 5.52. The first-order valence-corrected chi connectivity index (χ1v) is 6.68. The van der Waals surface area contributed by atoms with Gasteiger partial charge in [-0.1, -0.05) is 0 Å². The van der Waals surface area contributed by atoms with Crippen LogP contribution in [0.25, 0.3) is 0 Å². The molecule has 14 heavy (non-hydrogen) atoms. The minimum atomic E-state index is -3.03. The van der Waals surface area contributed by atoms with Gasteiger partial charge < -0.3 is 11.1 Å². The van der Waals surface area contributed by atoms with Crippen molar-refractivity contribution in [1.29, 1.82) is 0 Å². The monoisotopic (exact) mass is 220 g/mol. The zero-order chi connectivity index (χ0) is 10.8. The van der Waals surface area contributed by atoms with E-state index < -0.39 is 15.9 Å². The molecule has 82 valence electrons. The van der Waals surface area contributed by atoms with Gasteiger partial charge in [0.1, 0.15) is 9.84 Å². The lowest BCUT2D eigenvalue weighted by atomic mass is 10.2. The maximum atomic E-state index is 11.3. The number of nitrogens with one attached hydrogen (secondary N) is 1. The van der Waals surface area contributed by atoms with Gasteiger partial charge in [-0.3, -0.25) is 4.79 Å². The molecule has 1 unspecified atom stereocenters. The third-order valence-electron chi connectivity index (χ3n) is 2.06. The van der Waals surface area contributed by atoms with Crippen molar-refractivity contribution >= 4 is 15.7 Å². The molecule has 1 amide bonds. The molecule has 0 spiro atoms. The van der Waals surface area contributed by atoms with E-state index in [2.05, 4.69) is 5.32 Å². The Morgan fingerprint density at radius 2 is 2.14 bits per heavy atom. The van der Waals surface area contributed by atoms with Crippen molar-refractivity contribution in [2.24, 2.45) is 5.73 Å². The highest BCUT2D eigenvalue weighted by molar-refractivity contribution is 7.90. The summed E-state index contributed by atoms with van der Waals surface area (Å²) in [6, 6.07) is -0.433. The van der Waals surface area contributed by atoms with E-state index in [4.69, 9.17) is 5.73 Å². The second kappa shape index (κ2) is 4.27. The van der Waals surface area contributed by atoms with Gasteiger partial charge in [-0.05, 0) is 19.3 Å². The average Bonchev–Trinajstić information content (AvgIpc) is 2.82. The summed E-state index contributed by atoms with van der Waals surface area (Å²) >= 11 is 0. The van der Waals surface area contributed by atoms with Crippen molar-refractivity contribution in [2.45, 2.75) is 31.3 Å². The molecule has 0 bridgehead atoms. The molecule has 3 N–H and O–H groups in total. The largest absolute Gasteiger partial charge is 0.352 e. The van der Waals surface area contributed by atoms with Crippen molar-refractivity contribution in [3.63, 3.8) is 0 Å². The molecule has 1 atom stereocenters. The maximum absolute atomic E-state index is 11.3. The van der Waals surface area contributed by atoms with E-state index in [0.717, 1.165) is 19.1 Å². The molecule has 0 radical (unpaired) electrons. The molecule has 0 heterocycles. The Morgan fingerprint density at radius 3 is 2.57 bits per heavy atom. The highest BCUT2D eigenvalue weighted by Gasteiger charge is 2.26. The van der Waals surface area contributed by atoms with E-state index in [1.165, 1.54) is 0 Å². The molecule has 6 heteroatoms. The molecule has 5 nitrogen and oxygen atoms in total. The van der Waals surface area contributed by atoms with Crippen molar-refractivity contribution in [3.8, 4) is 0 Å². The summed E-state index contributed by atoms with van der Waals surface area (Å²) in [7, 11) is -3.03. The Hall–Kier alpha value is -0.620. The first-order chi connectivity index (χ1) is 6.38. The van der Waals surface area contributed by atoms with E-state index in [0.29, 0.717) is 0 Å². The van der Waals surface area contributed by atoms with Gasteiger partial charge in [0.2, 0.25) is 5.91 Å². The van der Waals surface area contributed by atoms with Gasteiger partial charge in [-0.15, -0.1) is 0 Å². The predicted molar refractivity (Wildman–Crippen MR) is 53.5 cm³/mol. The van der Waals surface area contributed by atoms with E-state index in [1.807, 2.05) is 0 Å². The lowest BCUT2D eigenvalue weighted by Crippen LogP contribution is -2.42. The molecule has 0 saturated heterocycles. The fourth-order valence-electron chi connectivity index (χ4n) is 1.01. The third-order valence-corrected chi connectivity index (χ3v) is 3.04. The number of sulfone groups is 1. The third kappa shape index (κ3) is 4.57. The Morgan fingerprint density at radius 1 is 1.57 bits per heavy atom. The van der Waals surface area contributed by atoms with Crippen LogP contribution in [0.4, 0.5) is 0 Å². The van der Waals surface area contributed by atoms with E-state index in [1.54, 1.807) is 0 Å². The second-order valence-electron chi connectivity index (χ2n) is 3.81. The van der Waals surface area contributed by atoms with E-state index in [9.17, 15) is 13.2 Å². The Bertz CT molecular complexity index is 309. The molecule has 0 aromatic carbocycles. The lowest BCUT2D eigenvalue weighted by Gasteiger charge is -2.10. The van der Waals surface area contributed by atoms with Crippen LogP contribution < -0.4 is 11.1 Å². The van der Waals surface area contributed by atoms with Crippen LogP contribution in [0, 0.1) is 0 Å². The van der Waals surface area contributed by atoms with Crippen molar-refractivity contribution < 1.29 is 13.2 Å². The average molecular weight is 220 g/mol. The van der Waals surface area contributed by atoms with Gasteiger partial charge >= 0.3 is 0 Å². The van der Waals surface area contributed by atoms with Crippen molar-refractivity contribution in [1.82, 2.24) is 5.32 Å². The molecular weight excluding hydrogens is 204 g/mol. The minimum absolute atomic E-state index is 0.0355. The molecule has 1 fully saturated rings. The Balaban J connectivity index is 2.25. The maximum Gasteiger partial charge on any atom is 0.237 e. The summed E-state index contributed by atoms with van der Waals surface area (Å²) in [4.78, 5) is 11.3. The standard InChI is InChI=1S/C8H16N2O3S/c1-14(12,13)5-4-7(9)8(11)10-6-2-3-6/h6-7H,2-5,9H2,1H3,(H,10,11). The number of hydrogen-bond acceptors (Lipinski definition) is 4. The normalized spacial score (nSPS) is 19.0. The SMILES string of the molecule is CS(=O)(=O)CCC(N)C(=O)NC1CC1. The molecule has 1 saturated carbocycles. The summed E-state index contributed by atoms with van der Waals surface area (Å²) in [5.74, 6) is -0.275. The first kappa shape index (κ1) is 11.5.